The van der Waals surface area contributed by atoms with Crippen molar-refractivity contribution in [3.63, 3.8) is 0 Å². The molecule has 0 aromatic heterocycles. The predicted molar refractivity (Wildman–Crippen MR) is 104 cm³/mol. The SMILES string of the molecule is CNC[C@]1(c2ccccc2)CC1c1ccc2ccccc2c1.S. The summed E-state index contributed by atoms with van der Waals surface area (Å²) in [6, 6.07) is 26.5. The summed E-state index contributed by atoms with van der Waals surface area (Å²) in [4.78, 5) is 0. The van der Waals surface area contributed by atoms with Crippen LogP contribution in [0.2, 0.25) is 0 Å². The molecule has 1 fully saturated rings. The molecule has 1 nitrogen and oxygen atoms in total. The summed E-state index contributed by atoms with van der Waals surface area (Å²) in [7, 11) is 2.06. The Morgan fingerprint density at radius 2 is 1.61 bits per heavy atom. The van der Waals surface area contributed by atoms with Crippen LogP contribution in [-0.2, 0) is 5.41 Å². The van der Waals surface area contributed by atoms with Crippen molar-refractivity contribution in [3.05, 3.63) is 83.9 Å². The highest BCUT2D eigenvalue weighted by Gasteiger charge is 2.55. The van der Waals surface area contributed by atoms with Gasteiger partial charge in [0.25, 0.3) is 0 Å². The van der Waals surface area contributed by atoms with Gasteiger partial charge in [0.2, 0.25) is 0 Å². The second kappa shape index (κ2) is 6.38. The maximum atomic E-state index is 3.41. The lowest BCUT2D eigenvalue weighted by Crippen LogP contribution is -2.25. The van der Waals surface area contributed by atoms with Gasteiger partial charge in [-0.2, -0.15) is 13.5 Å². The summed E-state index contributed by atoms with van der Waals surface area (Å²) in [6.45, 7) is 1.04. The zero-order chi connectivity index (χ0) is 15.0. The summed E-state index contributed by atoms with van der Waals surface area (Å²) in [5.41, 5.74) is 3.19. The average molecular weight is 321 g/mol. The second-order valence-corrected chi connectivity index (χ2v) is 6.42. The molecule has 0 aliphatic heterocycles. The first-order chi connectivity index (χ1) is 10.8. The van der Waals surface area contributed by atoms with Gasteiger partial charge in [-0.15, -0.1) is 0 Å². The summed E-state index contributed by atoms with van der Waals surface area (Å²) in [5.74, 6) is 0.618. The molecule has 2 atom stereocenters. The van der Waals surface area contributed by atoms with Crippen molar-refractivity contribution in [2.45, 2.75) is 17.8 Å². The smallest absolute Gasteiger partial charge is 0.0153 e. The van der Waals surface area contributed by atoms with E-state index in [1.165, 1.54) is 28.3 Å². The molecule has 1 aliphatic rings. The minimum atomic E-state index is 0. The number of likely N-dealkylation sites (N-methyl/N-ethyl adjacent to an activating group) is 1. The fourth-order valence-electron chi connectivity index (χ4n) is 3.87. The lowest BCUT2D eigenvalue weighted by Gasteiger charge is -2.18. The molecule has 1 N–H and O–H groups in total. The maximum absolute atomic E-state index is 3.41. The predicted octanol–water partition coefficient (Wildman–Crippen LogP) is 4.60. The highest BCUT2D eigenvalue weighted by Crippen LogP contribution is 2.60. The van der Waals surface area contributed by atoms with Gasteiger partial charge < -0.3 is 5.32 Å². The van der Waals surface area contributed by atoms with Crippen molar-refractivity contribution in [1.29, 1.82) is 0 Å². The number of fused-ring (bicyclic) bond motifs is 1. The molecule has 23 heavy (non-hydrogen) atoms. The van der Waals surface area contributed by atoms with Crippen LogP contribution in [0.15, 0.2) is 72.8 Å². The van der Waals surface area contributed by atoms with Gasteiger partial charge in [-0.3, -0.25) is 0 Å². The standard InChI is InChI=1S/C21H21N.H2S/c1-22-15-21(19-9-3-2-4-10-19)14-20(21)18-12-11-16-7-5-6-8-17(16)13-18;/h2-13,20,22H,14-15H2,1H3;1H2/t20?,21-;/m0./s1. The van der Waals surface area contributed by atoms with Gasteiger partial charge in [0.05, 0.1) is 0 Å². The van der Waals surface area contributed by atoms with E-state index < -0.39 is 0 Å². The number of hydrogen-bond acceptors (Lipinski definition) is 1. The van der Waals surface area contributed by atoms with Crippen molar-refractivity contribution < 1.29 is 0 Å². The third kappa shape index (κ3) is 2.77. The van der Waals surface area contributed by atoms with Crippen LogP contribution in [0.1, 0.15) is 23.5 Å². The Kier molecular flexibility index (Phi) is 4.47. The van der Waals surface area contributed by atoms with Gasteiger partial charge in [0.15, 0.2) is 0 Å². The van der Waals surface area contributed by atoms with E-state index in [4.69, 9.17) is 0 Å². The average Bonchev–Trinajstić information content (AvgIpc) is 3.31. The molecule has 0 amide bonds. The summed E-state index contributed by atoms with van der Waals surface area (Å²) in [5, 5.41) is 6.08. The largest absolute Gasteiger partial charge is 0.319 e. The molecule has 3 aromatic rings. The number of nitrogens with one attached hydrogen (secondary N) is 1. The van der Waals surface area contributed by atoms with Gasteiger partial charge in [-0.25, -0.2) is 0 Å². The Balaban J connectivity index is 0.00000156. The molecular formula is C21H23NS. The van der Waals surface area contributed by atoms with E-state index in [1.807, 2.05) is 0 Å². The van der Waals surface area contributed by atoms with Crippen molar-refractivity contribution in [3.8, 4) is 0 Å². The molecule has 118 valence electrons. The highest BCUT2D eigenvalue weighted by molar-refractivity contribution is 7.59. The first-order valence-electron chi connectivity index (χ1n) is 8.02. The van der Waals surface area contributed by atoms with E-state index in [0.29, 0.717) is 5.92 Å². The molecular weight excluding hydrogens is 298 g/mol. The van der Waals surface area contributed by atoms with Gasteiger partial charge in [-0.1, -0.05) is 72.8 Å². The van der Waals surface area contributed by atoms with E-state index in [2.05, 4.69) is 85.2 Å². The number of benzene rings is 3. The molecule has 1 saturated carbocycles. The van der Waals surface area contributed by atoms with E-state index in [1.54, 1.807) is 0 Å². The zero-order valence-corrected chi connectivity index (χ0v) is 14.4. The number of rotatable bonds is 4. The molecule has 0 radical (unpaired) electrons. The zero-order valence-electron chi connectivity index (χ0n) is 13.4. The van der Waals surface area contributed by atoms with Crippen LogP contribution in [0, 0.1) is 0 Å². The highest BCUT2D eigenvalue weighted by atomic mass is 32.1. The van der Waals surface area contributed by atoms with Crippen molar-refractivity contribution in [2.75, 3.05) is 13.6 Å². The van der Waals surface area contributed by atoms with Crippen LogP contribution in [-0.4, -0.2) is 13.6 Å². The van der Waals surface area contributed by atoms with Crippen molar-refractivity contribution >= 4 is 24.3 Å². The fourth-order valence-corrected chi connectivity index (χ4v) is 3.87. The van der Waals surface area contributed by atoms with E-state index in [-0.39, 0.29) is 18.9 Å². The lowest BCUT2D eigenvalue weighted by molar-refractivity contribution is 0.605. The Bertz CT molecular complexity index is 799. The van der Waals surface area contributed by atoms with Crippen LogP contribution < -0.4 is 5.32 Å². The summed E-state index contributed by atoms with van der Waals surface area (Å²) >= 11 is 0. The summed E-state index contributed by atoms with van der Waals surface area (Å²) in [6.07, 6.45) is 1.23. The van der Waals surface area contributed by atoms with Crippen LogP contribution in [0.5, 0.6) is 0 Å². The molecule has 0 spiro atoms. The lowest BCUT2D eigenvalue weighted by atomic mass is 9.90. The molecule has 1 aliphatic carbocycles. The first-order valence-corrected chi connectivity index (χ1v) is 8.02. The normalized spacial score (nSPS) is 22.6. The maximum Gasteiger partial charge on any atom is 0.0153 e. The molecule has 2 heteroatoms. The first kappa shape index (κ1) is 16.1. The molecule has 0 heterocycles. The van der Waals surface area contributed by atoms with Crippen molar-refractivity contribution in [2.24, 2.45) is 0 Å². The second-order valence-electron chi connectivity index (χ2n) is 6.42. The van der Waals surface area contributed by atoms with E-state index >= 15 is 0 Å². The monoisotopic (exact) mass is 321 g/mol. The Labute approximate surface area is 145 Å². The van der Waals surface area contributed by atoms with Gasteiger partial charge in [0.1, 0.15) is 0 Å². The Morgan fingerprint density at radius 1 is 0.913 bits per heavy atom. The van der Waals surface area contributed by atoms with E-state index in [9.17, 15) is 0 Å². The van der Waals surface area contributed by atoms with Gasteiger partial charge in [0, 0.05) is 12.0 Å². The van der Waals surface area contributed by atoms with Crippen LogP contribution >= 0.6 is 13.5 Å². The Morgan fingerprint density at radius 3 is 2.35 bits per heavy atom. The molecule has 0 bridgehead atoms. The summed E-state index contributed by atoms with van der Waals surface area (Å²) < 4.78 is 0. The molecule has 3 aromatic carbocycles. The van der Waals surface area contributed by atoms with Crippen molar-refractivity contribution in [1.82, 2.24) is 5.32 Å². The third-order valence-corrected chi connectivity index (χ3v) is 5.09. The van der Waals surface area contributed by atoms with Gasteiger partial charge in [-0.05, 0) is 41.3 Å². The topological polar surface area (TPSA) is 12.0 Å². The minimum Gasteiger partial charge on any atom is -0.319 e. The third-order valence-electron chi connectivity index (χ3n) is 5.09. The minimum absolute atomic E-state index is 0. The van der Waals surface area contributed by atoms with E-state index in [0.717, 1.165) is 6.54 Å². The fraction of sp³-hybridized carbons (Fsp3) is 0.238. The van der Waals surface area contributed by atoms with Crippen LogP contribution in [0.3, 0.4) is 0 Å². The van der Waals surface area contributed by atoms with Crippen LogP contribution in [0.4, 0.5) is 0 Å². The van der Waals surface area contributed by atoms with Gasteiger partial charge >= 0.3 is 0 Å². The molecule has 4 rings (SSSR count). The Hall–Kier alpha value is -1.77. The molecule has 1 unspecified atom stereocenters. The quantitative estimate of drug-likeness (QED) is 0.740. The molecule has 0 saturated heterocycles. The van der Waals surface area contributed by atoms with Crippen LogP contribution in [0.25, 0.3) is 10.8 Å². The number of hydrogen-bond donors (Lipinski definition) is 1.